The van der Waals surface area contributed by atoms with Crippen molar-refractivity contribution in [3.8, 4) is 28.5 Å². The van der Waals surface area contributed by atoms with Crippen LogP contribution in [0.25, 0.3) is 127 Å². The van der Waals surface area contributed by atoms with Crippen LogP contribution in [0, 0.1) is 0 Å². The van der Waals surface area contributed by atoms with E-state index in [1.165, 1.54) is 54.4 Å². The van der Waals surface area contributed by atoms with E-state index in [0.717, 1.165) is 72.3 Å². The third kappa shape index (κ3) is 4.56. The number of imidazole rings is 1. The molecule has 1 N–H and O–H groups in total. The SMILES string of the molecule is c1cnc2c(c1)c1nc(-c3ccc(-n4c5ccc(-n6c7ccccc7c7ccccc76)cc5c5cc(-n6c7ccccc7c7ccccc76)ccc54)cc3)[nH]c1c1cccnc12. The Balaban J connectivity index is 0.987. The average molecular weight is 792 g/mol. The summed E-state index contributed by atoms with van der Waals surface area (Å²) in [5.41, 5.74) is 15.0. The van der Waals surface area contributed by atoms with Gasteiger partial charge in [-0.25, -0.2) is 4.98 Å². The molecule has 6 heterocycles. The molecule has 8 aromatic carbocycles. The van der Waals surface area contributed by atoms with E-state index < -0.39 is 0 Å². The molecule has 62 heavy (non-hydrogen) atoms. The van der Waals surface area contributed by atoms with Crippen molar-refractivity contribution in [3.05, 3.63) is 194 Å². The highest BCUT2D eigenvalue weighted by atomic mass is 15.0. The zero-order valence-corrected chi connectivity index (χ0v) is 33.2. The molecule has 0 aliphatic heterocycles. The van der Waals surface area contributed by atoms with Gasteiger partial charge in [0.1, 0.15) is 5.82 Å². The molecule has 0 amide bonds. The summed E-state index contributed by atoms with van der Waals surface area (Å²) >= 11 is 0. The van der Waals surface area contributed by atoms with Gasteiger partial charge in [0, 0.05) is 78.1 Å². The Kier molecular flexibility index (Phi) is 6.71. The van der Waals surface area contributed by atoms with Gasteiger partial charge in [-0.15, -0.1) is 0 Å². The molecule has 0 radical (unpaired) electrons. The summed E-state index contributed by atoms with van der Waals surface area (Å²) < 4.78 is 7.21. The number of nitrogens with zero attached hydrogens (tertiary/aromatic N) is 6. The highest BCUT2D eigenvalue weighted by molar-refractivity contribution is 6.21. The molecule has 7 nitrogen and oxygen atoms in total. The zero-order chi connectivity index (χ0) is 40.5. The smallest absolute Gasteiger partial charge is 0.138 e. The standard InChI is InChI=1S/C55H33N7/c1-5-17-45-37(11-1)38-12-2-6-18-46(38)61(45)35-25-27-49-43(31-35)44-32-36(62-47-19-7-3-13-39(47)40-14-4-8-20-48(40)62)26-28-50(44)60(49)34-23-21-33(22-24-34)55-58-53-41-15-9-29-56-51(41)52-42(54(53)59-55)16-10-30-57-52/h1-32H,(H,58,59). The molecule has 0 bridgehead atoms. The predicted octanol–water partition coefficient (Wildman–Crippen LogP) is 13.6. The van der Waals surface area contributed by atoms with Crippen molar-refractivity contribution in [3.63, 3.8) is 0 Å². The largest absolute Gasteiger partial charge is 0.337 e. The highest BCUT2D eigenvalue weighted by Gasteiger charge is 2.20. The van der Waals surface area contributed by atoms with Crippen molar-refractivity contribution in [2.45, 2.75) is 0 Å². The molecule has 14 rings (SSSR count). The number of hydrogen-bond donors (Lipinski definition) is 1. The fourth-order valence-electron chi connectivity index (χ4n) is 10.2. The number of aromatic amines is 1. The number of nitrogens with one attached hydrogen (secondary N) is 1. The van der Waals surface area contributed by atoms with Gasteiger partial charge in [0.05, 0.1) is 55.2 Å². The summed E-state index contributed by atoms with van der Waals surface area (Å²) in [5.74, 6) is 0.807. The number of pyridine rings is 2. The van der Waals surface area contributed by atoms with Gasteiger partial charge in [-0.3, -0.25) is 9.97 Å². The van der Waals surface area contributed by atoms with Gasteiger partial charge in [-0.2, -0.15) is 0 Å². The fraction of sp³-hybridized carbons (Fsp3) is 0. The first-order valence-electron chi connectivity index (χ1n) is 20.9. The van der Waals surface area contributed by atoms with Crippen LogP contribution in [-0.4, -0.2) is 33.6 Å². The van der Waals surface area contributed by atoms with Crippen LogP contribution >= 0.6 is 0 Å². The van der Waals surface area contributed by atoms with Crippen LogP contribution < -0.4 is 0 Å². The monoisotopic (exact) mass is 791 g/mol. The van der Waals surface area contributed by atoms with E-state index in [4.69, 9.17) is 15.0 Å². The van der Waals surface area contributed by atoms with E-state index >= 15 is 0 Å². The van der Waals surface area contributed by atoms with Crippen LogP contribution in [0.5, 0.6) is 0 Å². The van der Waals surface area contributed by atoms with Crippen LogP contribution in [0.1, 0.15) is 0 Å². The fourth-order valence-corrected chi connectivity index (χ4v) is 10.2. The second-order valence-electron chi connectivity index (χ2n) is 16.1. The van der Waals surface area contributed by atoms with Crippen molar-refractivity contribution < 1.29 is 0 Å². The van der Waals surface area contributed by atoms with E-state index in [1.54, 1.807) is 0 Å². The van der Waals surface area contributed by atoms with Gasteiger partial charge in [0.25, 0.3) is 0 Å². The lowest BCUT2D eigenvalue weighted by Gasteiger charge is -2.11. The number of fused-ring (bicyclic) bond motifs is 15. The molecule has 0 spiro atoms. The van der Waals surface area contributed by atoms with Crippen molar-refractivity contribution >= 4 is 98.3 Å². The Hall–Kier alpha value is -8.55. The Labute approximate surface area is 353 Å². The summed E-state index contributed by atoms with van der Waals surface area (Å²) in [4.78, 5) is 18.2. The second-order valence-corrected chi connectivity index (χ2v) is 16.1. The van der Waals surface area contributed by atoms with Crippen LogP contribution in [-0.2, 0) is 0 Å². The quantitative estimate of drug-likeness (QED) is 0.181. The number of rotatable bonds is 4. The van der Waals surface area contributed by atoms with Crippen LogP contribution in [0.3, 0.4) is 0 Å². The van der Waals surface area contributed by atoms with E-state index in [9.17, 15) is 0 Å². The second kappa shape index (κ2) is 12.5. The summed E-state index contributed by atoms with van der Waals surface area (Å²) in [6, 6.07) is 65.6. The average Bonchev–Trinajstić information content (AvgIpc) is 4.10. The van der Waals surface area contributed by atoms with Gasteiger partial charge < -0.3 is 18.7 Å². The van der Waals surface area contributed by atoms with E-state index in [-0.39, 0.29) is 0 Å². The Bertz CT molecular complexity index is 3810. The molecule has 0 aliphatic carbocycles. The molecule has 6 aromatic heterocycles. The first-order chi connectivity index (χ1) is 30.8. The van der Waals surface area contributed by atoms with Gasteiger partial charge in [0.15, 0.2) is 0 Å². The summed E-state index contributed by atoms with van der Waals surface area (Å²) in [7, 11) is 0. The lowest BCUT2D eigenvalue weighted by molar-refractivity contribution is 1.16. The lowest BCUT2D eigenvalue weighted by Crippen LogP contribution is -1.96. The Morgan fingerprint density at radius 2 is 0.726 bits per heavy atom. The Morgan fingerprint density at radius 3 is 1.24 bits per heavy atom. The van der Waals surface area contributed by atoms with Gasteiger partial charge in [0.2, 0.25) is 0 Å². The molecule has 0 saturated carbocycles. The third-order valence-electron chi connectivity index (χ3n) is 12.9. The van der Waals surface area contributed by atoms with E-state index in [0.29, 0.717) is 0 Å². The number of H-pyrrole nitrogens is 1. The molecule has 7 heteroatoms. The maximum Gasteiger partial charge on any atom is 0.138 e. The van der Waals surface area contributed by atoms with Gasteiger partial charge in [-0.1, -0.05) is 72.8 Å². The maximum absolute atomic E-state index is 5.17. The summed E-state index contributed by atoms with van der Waals surface area (Å²) in [6.45, 7) is 0. The number of hydrogen-bond acceptors (Lipinski definition) is 3. The number of aromatic nitrogens is 7. The first kappa shape index (κ1) is 33.3. The minimum atomic E-state index is 0.807. The molecule has 14 aromatic rings. The maximum atomic E-state index is 5.17. The summed E-state index contributed by atoms with van der Waals surface area (Å²) in [6.07, 6.45) is 3.64. The molecule has 0 saturated heterocycles. The van der Waals surface area contributed by atoms with Crippen molar-refractivity contribution in [1.82, 2.24) is 33.6 Å². The van der Waals surface area contributed by atoms with Crippen molar-refractivity contribution in [2.75, 3.05) is 0 Å². The normalized spacial score (nSPS) is 12.2. The zero-order valence-electron chi connectivity index (χ0n) is 33.2. The van der Waals surface area contributed by atoms with Crippen molar-refractivity contribution in [1.29, 1.82) is 0 Å². The minimum absolute atomic E-state index is 0.807. The van der Waals surface area contributed by atoms with Crippen LogP contribution in [0.2, 0.25) is 0 Å². The van der Waals surface area contributed by atoms with E-state index in [1.807, 2.05) is 24.5 Å². The predicted molar refractivity (Wildman–Crippen MR) is 255 cm³/mol. The van der Waals surface area contributed by atoms with Gasteiger partial charge in [-0.05, 0) is 109 Å². The molecule has 0 fully saturated rings. The Morgan fingerprint density at radius 1 is 0.323 bits per heavy atom. The van der Waals surface area contributed by atoms with Crippen LogP contribution in [0.15, 0.2) is 194 Å². The summed E-state index contributed by atoms with van der Waals surface area (Å²) in [5, 5.41) is 9.36. The molecule has 0 unspecified atom stereocenters. The lowest BCUT2D eigenvalue weighted by atomic mass is 10.1. The molecule has 0 atom stereocenters. The minimum Gasteiger partial charge on any atom is -0.337 e. The highest BCUT2D eigenvalue weighted by Crippen LogP contribution is 2.40. The number of benzene rings is 8. The van der Waals surface area contributed by atoms with Crippen molar-refractivity contribution in [2.24, 2.45) is 0 Å². The number of para-hydroxylation sites is 4. The third-order valence-corrected chi connectivity index (χ3v) is 12.9. The topological polar surface area (TPSA) is 69.2 Å². The first-order valence-corrected chi connectivity index (χ1v) is 20.9. The van der Waals surface area contributed by atoms with Gasteiger partial charge >= 0.3 is 0 Å². The molecular weight excluding hydrogens is 759 g/mol. The molecule has 288 valence electrons. The molecule has 0 aliphatic rings. The van der Waals surface area contributed by atoms with E-state index in [2.05, 4.69) is 189 Å². The molecular formula is C55H33N7. The van der Waals surface area contributed by atoms with Crippen LogP contribution in [0.4, 0.5) is 0 Å².